The molecule has 0 aromatic heterocycles. The van der Waals surface area contributed by atoms with Gasteiger partial charge in [-0.1, -0.05) is 34.6 Å². The van der Waals surface area contributed by atoms with Gasteiger partial charge in [-0.05, 0) is 25.3 Å². The lowest BCUT2D eigenvalue weighted by Gasteiger charge is -2.33. The molecule has 0 aliphatic rings. The third-order valence-corrected chi connectivity index (χ3v) is 2.53. The van der Waals surface area contributed by atoms with Gasteiger partial charge in [0.15, 0.2) is 0 Å². The van der Waals surface area contributed by atoms with Gasteiger partial charge in [-0.15, -0.1) is 0 Å². The van der Waals surface area contributed by atoms with E-state index in [0.717, 1.165) is 13.2 Å². The average molecular weight is 201 g/mol. The smallest absolute Gasteiger partial charge is 0.0753 e. The van der Waals surface area contributed by atoms with Crippen LogP contribution in [-0.4, -0.2) is 25.3 Å². The Morgan fingerprint density at radius 1 is 1.00 bits per heavy atom. The van der Waals surface area contributed by atoms with Gasteiger partial charge in [0.1, 0.15) is 0 Å². The Labute approximate surface area is 89.4 Å². The lowest BCUT2D eigenvalue weighted by molar-refractivity contribution is -0.00748. The first-order valence-corrected chi connectivity index (χ1v) is 5.89. The van der Waals surface area contributed by atoms with E-state index in [1.807, 2.05) is 0 Å². The predicted molar refractivity (Wildman–Crippen MR) is 62.6 cm³/mol. The first kappa shape index (κ1) is 13.9. The zero-order valence-corrected chi connectivity index (χ0v) is 10.6. The Morgan fingerprint density at radius 3 is 1.86 bits per heavy atom. The third-order valence-electron chi connectivity index (χ3n) is 2.53. The quantitative estimate of drug-likeness (QED) is 0.684. The maximum atomic E-state index is 5.82. The van der Waals surface area contributed by atoms with E-state index in [2.05, 4.69) is 46.9 Å². The molecule has 1 N–H and O–H groups in total. The van der Waals surface area contributed by atoms with Crippen LogP contribution in [0.2, 0.25) is 0 Å². The molecule has 0 saturated heterocycles. The molecule has 0 aliphatic carbocycles. The summed E-state index contributed by atoms with van der Waals surface area (Å²) >= 11 is 0. The molecule has 0 aromatic carbocycles. The fourth-order valence-electron chi connectivity index (χ4n) is 1.87. The summed E-state index contributed by atoms with van der Waals surface area (Å²) in [6.45, 7) is 15.0. The molecule has 0 aromatic rings. The van der Waals surface area contributed by atoms with E-state index >= 15 is 0 Å². The molecule has 0 radical (unpaired) electrons. The second kappa shape index (κ2) is 7.24. The summed E-state index contributed by atoms with van der Waals surface area (Å²) in [7, 11) is 0. The van der Waals surface area contributed by atoms with E-state index in [4.69, 9.17) is 4.74 Å². The molecule has 2 unspecified atom stereocenters. The molecular weight excluding hydrogens is 174 g/mol. The molecule has 0 aliphatic heterocycles. The van der Waals surface area contributed by atoms with Crippen molar-refractivity contribution in [2.45, 2.75) is 53.7 Å². The van der Waals surface area contributed by atoms with E-state index in [9.17, 15) is 0 Å². The molecule has 0 amide bonds. The van der Waals surface area contributed by atoms with E-state index < -0.39 is 0 Å². The van der Waals surface area contributed by atoms with E-state index in [0.29, 0.717) is 24.0 Å². The van der Waals surface area contributed by atoms with Crippen molar-refractivity contribution in [3.05, 3.63) is 0 Å². The number of ether oxygens (including phenoxy) is 1. The summed E-state index contributed by atoms with van der Waals surface area (Å²) < 4.78 is 5.82. The Hall–Kier alpha value is -0.0800. The van der Waals surface area contributed by atoms with Crippen molar-refractivity contribution in [1.29, 1.82) is 0 Å². The van der Waals surface area contributed by atoms with Crippen LogP contribution < -0.4 is 5.32 Å². The normalized spacial score (nSPS) is 16.3. The number of nitrogens with one attached hydrogen (secondary N) is 1. The van der Waals surface area contributed by atoms with Crippen LogP contribution in [0, 0.1) is 11.8 Å². The largest absolute Gasteiger partial charge is 0.377 e. The molecule has 0 heterocycles. The average Bonchev–Trinajstić information content (AvgIpc) is 2.10. The zero-order valence-electron chi connectivity index (χ0n) is 10.6. The zero-order chi connectivity index (χ0) is 11.1. The van der Waals surface area contributed by atoms with Gasteiger partial charge in [-0.2, -0.15) is 0 Å². The Kier molecular flexibility index (Phi) is 7.20. The standard InChI is InChI=1S/C12H27NO/c1-7-13-11(9(3)4)12(10(5)6)14-8-2/h9-13H,7-8H2,1-6H3. The maximum absolute atomic E-state index is 5.82. The summed E-state index contributed by atoms with van der Waals surface area (Å²) in [4.78, 5) is 0. The highest BCUT2D eigenvalue weighted by Crippen LogP contribution is 2.17. The van der Waals surface area contributed by atoms with Crippen molar-refractivity contribution < 1.29 is 4.74 Å². The SMILES string of the molecule is CCNC(C(C)C)C(OCC)C(C)C. The van der Waals surface area contributed by atoms with Crippen molar-refractivity contribution in [2.75, 3.05) is 13.2 Å². The number of hydrogen-bond acceptors (Lipinski definition) is 2. The second-order valence-electron chi connectivity index (χ2n) is 4.49. The van der Waals surface area contributed by atoms with Gasteiger partial charge in [-0.25, -0.2) is 0 Å². The van der Waals surface area contributed by atoms with Gasteiger partial charge in [-0.3, -0.25) is 0 Å². The number of likely N-dealkylation sites (N-methyl/N-ethyl adjacent to an activating group) is 1. The highest BCUT2D eigenvalue weighted by molar-refractivity contribution is 4.81. The van der Waals surface area contributed by atoms with Crippen molar-refractivity contribution in [2.24, 2.45) is 11.8 Å². The van der Waals surface area contributed by atoms with Crippen LogP contribution in [0.5, 0.6) is 0 Å². The lowest BCUT2D eigenvalue weighted by Crippen LogP contribution is -2.47. The monoisotopic (exact) mass is 201 g/mol. The van der Waals surface area contributed by atoms with Gasteiger partial charge in [0.05, 0.1) is 6.10 Å². The number of hydrogen-bond donors (Lipinski definition) is 1. The molecule has 0 saturated carbocycles. The summed E-state index contributed by atoms with van der Waals surface area (Å²) in [5, 5.41) is 3.52. The maximum Gasteiger partial charge on any atom is 0.0753 e. The van der Waals surface area contributed by atoms with Crippen LogP contribution in [0.15, 0.2) is 0 Å². The van der Waals surface area contributed by atoms with Crippen molar-refractivity contribution in [3.63, 3.8) is 0 Å². The van der Waals surface area contributed by atoms with Crippen molar-refractivity contribution >= 4 is 0 Å². The van der Waals surface area contributed by atoms with Gasteiger partial charge in [0.2, 0.25) is 0 Å². The van der Waals surface area contributed by atoms with E-state index in [-0.39, 0.29) is 0 Å². The van der Waals surface area contributed by atoms with Crippen LogP contribution >= 0.6 is 0 Å². The summed E-state index contributed by atoms with van der Waals surface area (Å²) in [6, 6.07) is 0.472. The molecule has 2 heteroatoms. The van der Waals surface area contributed by atoms with E-state index in [1.165, 1.54) is 0 Å². The van der Waals surface area contributed by atoms with Crippen LogP contribution in [-0.2, 0) is 4.74 Å². The second-order valence-corrected chi connectivity index (χ2v) is 4.49. The molecular formula is C12H27NO. The molecule has 86 valence electrons. The van der Waals surface area contributed by atoms with E-state index in [1.54, 1.807) is 0 Å². The highest BCUT2D eigenvalue weighted by atomic mass is 16.5. The van der Waals surface area contributed by atoms with Crippen molar-refractivity contribution in [1.82, 2.24) is 5.32 Å². The minimum atomic E-state index is 0.333. The van der Waals surface area contributed by atoms with Gasteiger partial charge in [0, 0.05) is 12.6 Å². The Balaban J connectivity index is 4.37. The fraction of sp³-hybridized carbons (Fsp3) is 1.00. The lowest BCUT2D eigenvalue weighted by atomic mass is 9.91. The topological polar surface area (TPSA) is 21.3 Å². The molecule has 0 rings (SSSR count). The summed E-state index contributed by atoms with van der Waals surface area (Å²) in [5.74, 6) is 1.19. The Morgan fingerprint density at radius 2 is 1.57 bits per heavy atom. The molecule has 2 atom stereocenters. The van der Waals surface area contributed by atoms with Crippen LogP contribution in [0.4, 0.5) is 0 Å². The first-order chi connectivity index (χ1) is 6.54. The molecule has 0 fully saturated rings. The fourth-order valence-corrected chi connectivity index (χ4v) is 1.87. The van der Waals surface area contributed by atoms with Crippen LogP contribution in [0.3, 0.4) is 0 Å². The predicted octanol–water partition coefficient (Wildman–Crippen LogP) is 2.68. The highest BCUT2D eigenvalue weighted by Gasteiger charge is 2.26. The third kappa shape index (κ3) is 4.43. The van der Waals surface area contributed by atoms with Gasteiger partial charge >= 0.3 is 0 Å². The minimum absolute atomic E-state index is 0.333. The van der Waals surface area contributed by atoms with Crippen molar-refractivity contribution in [3.8, 4) is 0 Å². The minimum Gasteiger partial charge on any atom is -0.377 e. The van der Waals surface area contributed by atoms with Gasteiger partial charge < -0.3 is 10.1 Å². The molecule has 14 heavy (non-hydrogen) atoms. The molecule has 0 bridgehead atoms. The number of rotatable bonds is 7. The van der Waals surface area contributed by atoms with Crippen LogP contribution in [0.25, 0.3) is 0 Å². The molecule has 2 nitrogen and oxygen atoms in total. The first-order valence-electron chi connectivity index (χ1n) is 5.89. The Bertz CT molecular complexity index is 118. The van der Waals surface area contributed by atoms with Crippen LogP contribution in [0.1, 0.15) is 41.5 Å². The van der Waals surface area contributed by atoms with Gasteiger partial charge in [0.25, 0.3) is 0 Å². The summed E-state index contributed by atoms with van der Waals surface area (Å²) in [5.41, 5.74) is 0. The molecule has 0 spiro atoms. The summed E-state index contributed by atoms with van der Waals surface area (Å²) in [6.07, 6.45) is 0.333.